The van der Waals surface area contributed by atoms with E-state index < -0.39 is 10.1 Å². The molecule has 1 atom stereocenters. The molecule has 0 radical (unpaired) electrons. The van der Waals surface area contributed by atoms with E-state index >= 15 is 0 Å². The molecular weight excluding hydrogens is 571 g/mol. The monoisotopic (exact) mass is 630 g/mol. The molecule has 7 nitrogen and oxygen atoms in total. The molecule has 0 amide bonds. The summed E-state index contributed by atoms with van der Waals surface area (Å²) in [4.78, 5) is 25.1. The third-order valence-electron chi connectivity index (χ3n) is 7.98. The average molecular weight is 631 g/mol. The molecule has 42 heavy (non-hydrogen) atoms. The molecule has 1 aliphatic rings. The van der Waals surface area contributed by atoms with Gasteiger partial charge in [0.05, 0.1) is 20.0 Å². The van der Waals surface area contributed by atoms with E-state index in [2.05, 4.69) is 6.92 Å². The number of hydrogen-bond donors (Lipinski definition) is 0. The first-order valence-electron chi connectivity index (χ1n) is 16.5. The highest BCUT2D eigenvalue weighted by molar-refractivity contribution is 7.89. The van der Waals surface area contributed by atoms with Gasteiger partial charge >= 0.3 is 0 Å². The Kier molecular flexibility index (Phi) is 22.3. The van der Waals surface area contributed by atoms with Crippen molar-refractivity contribution in [2.24, 2.45) is 0 Å². The topological polar surface area (TPSA) is 96.0 Å². The molecule has 0 saturated heterocycles. The van der Waals surface area contributed by atoms with Crippen LogP contribution in [0.15, 0.2) is 22.7 Å². The fraction of sp³-hybridized carbons (Fsp3) is 0.818. The zero-order valence-electron chi connectivity index (χ0n) is 27.0. The molecule has 0 aromatic heterocycles. The van der Waals surface area contributed by atoms with Gasteiger partial charge in [0.2, 0.25) is 23.1 Å². The van der Waals surface area contributed by atoms with Crippen molar-refractivity contribution in [3.63, 3.8) is 0 Å². The van der Waals surface area contributed by atoms with Crippen LogP contribution >= 0.6 is 8.81 Å². The fourth-order valence-corrected chi connectivity index (χ4v) is 7.68. The largest absolute Gasteiger partial charge is 0.489 e. The highest BCUT2D eigenvalue weighted by Gasteiger charge is 2.34. The highest BCUT2D eigenvalue weighted by Crippen LogP contribution is 2.29. The summed E-state index contributed by atoms with van der Waals surface area (Å²) in [5.74, 6) is -0.404. The van der Waals surface area contributed by atoms with Crippen molar-refractivity contribution in [3.8, 4) is 0 Å². The van der Waals surface area contributed by atoms with Crippen molar-refractivity contribution in [2.45, 2.75) is 149 Å². The van der Waals surface area contributed by atoms with E-state index in [1.54, 1.807) is 6.92 Å². The van der Waals surface area contributed by atoms with Gasteiger partial charge in [-0.2, -0.15) is 8.42 Å². The first-order chi connectivity index (χ1) is 20.3. The summed E-state index contributed by atoms with van der Waals surface area (Å²) >= 11 is 0. The van der Waals surface area contributed by atoms with Gasteiger partial charge in [-0.1, -0.05) is 116 Å². The summed E-state index contributed by atoms with van der Waals surface area (Å²) in [6, 6.07) is 0. The molecule has 0 aromatic carbocycles. The van der Waals surface area contributed by atoms with E-state index in [1.165, 1.54) is 78.4 Å². The van der Waals surface area contributed by atoms with Gasteiger partial charge in [-0.05, 0) is 38.8 Å². The summed E-state index contributed by atoms with van der Waals surface area (Å²) in [6.07, 6.45) is 24.5. The minimum absolute atomic E-state index is 0.00228. The maximum absolute atomic E-state index is 12.7. The molecule has 1 unspecified atom stereocenters. The molecule has 244 valence electrons. The van der Waals surface area contributed by atoms with E-state index in [0.29, 0.717) is 24.0 Å². The summed E-state index contributed by atoms with van der Waals surface area (Å²) in [5, 5.41) is 0. The molecule has 0 saturated carbocycles. The first kappa shape index (κ1) is 38.8. The number of ketones is 2. The van der Waals surface area contributed by atoms with Gasteiger partial charge in [0.25, 0.3) is 10.1 Å². The molecular formula is C33H59O7PS. The normalized spacial score (nSPS) is 14.6. The third kappa shape index (κ3) is 16.6. The number of methoxy groups -OCH3 is 2. The van der Waals surface area contributed by atoms with Crippen LogP contribution in [-0.2, 0) is 33.2 Å². The van der Waals surface area contributed by atoms with Crippen LogP contribution in [0.2, 0.25) is 0 Å². The van der Waals surface area contributed by atoms with Crippen LogP contribution in [0.25, 0.3) is 0 Å². The smallest absolute Gasteiger partial charge is 0.270 e. The minimum Gasteiger partial charge on any atom is -0.489 e. The number of carbonyl (C=O) groups excluding carboxylic acids is 2. The van der Waals surface area contributed by atoms with E-state index in [-0.39, 0.29) is 37.6 Å². The van der Waals surface area contributed by atoms with E-state index in [4.69, 9.17) is 13.4 Å². The number of ether oxygens (including phenoxy) is 2. The Balaban J connectivity index is 1.97. The van der Waals surface area contributed by atoms with Crippen LogP contribution in [0.5, 0.6) is 0 Å². The van der Waals surface area contributed by atoms with E-state index in [0.717, 1.165) is 63.9 Å². The second-order valence-corrected chi connectivity index (χ2v) is 14.5. The molecule has 0 aromatic rings. The maximum atomic E-state index is 12.7. The van der Waals surface area contributed by atoms with Gasteiger partial charge in [0.15, 0.2) is 0 Å². The van der Waals surface area contributed by atoms with Crippen molar-refractivity contribution in [1.82, 2.24) is 0 Å². The Hall–Kier alpha value is -1.24. The zero-order chi connectivity index (χ0) is 31.1. The lowest BCUT2D eigenvalue weighted by Gasteiger charge is -2.20. The maximum Gasteiger partial charge on any atom is 0.270 e. The Morgan fingerprint density at radius 2 is 1.02 bits per heavy atom. The summed E-state index contributed by atoms with van der Waals surface area (Å²) in [6.45, 7) is 3.93. The second-order valence-electron chi connectivity index (χ2n) is 11.5. The minimum atomic E-state index is -3.39. The number of Topliss-reactive ketones (excluding diaryl/α,β-unsaturated/α-hetero) is 2. The summed E-state index contributed by atoms with van der Waals surface area (Å²) < 4.78 is 39.7. The van der Waals surface area contributed by atoms with Crippen molar-refractivity contribution < 1.29 is 31.5 Å². The van der Waals surface area contributed by atoms with Crippen LogP contribution in [0, 0.1) is 0 Å². The van der Waals surface area contributed by atoms with Crippen LogP contribution in [0.3, 0.4) is 0 Å². The van der Waals surface area contributed by atoms with Crippen LogP contribution in [0.1, 0.15) is 149 Å². The lowest BCUT2D eigenvalue weighted by Crippen LogP contribution is -2.25. The van der Waals surface area contributed by atoms with Gasteiger partial charge in [0, 0.05) is 20.0 Å². The van der Waals surface area contributed by atoms with E-state index in [1.807, 2.05) is 0 Å². The molecule has 0 N–H and O–H groups in total. The third-order valence-corrected chi connectivity index (χ3v) is 10.8. The van der Waals surface area contributed by atoms with Crippen LogP contribution in [-0.4, -0.2) is 46.1 Å². The van der Waals surface area contributed by atoms with Crippen molar-refractivity contribution >= 4 is 30.5 Å². The van der Waals surface area contributed by atoms with Gasteiger partial charge in [-0.3, -0.25) is 13.6 Å². The quantitative estimate of drug-likeness (QED) is 0.0483. The lowest BCUT2D eigenvalue weighted by atomic mass is 9.89. The Labute approximate surface area is 259 Å². The Morgan fingerprint density at radius 1 is 0.595 bits per heavy atom. The Bertz CT molecular complexity index is 940. The van der Waals surface area contributed by atoms with Crippen molar-refractivity contribution in [3.05, 3.63) is 22.7 Å². The van der Waals surface area contributed by atoms with Gasteiger partial charge in [-0.15, -0.1) is 0 Å². The number of carbonyl (C=O) groups is 2. The van der Waals surface area contributed by atoms with Crippen molar-refractivity contribution in [1.29, 1.82) is 0 Å². The standard InChI is InChI=1S/C33H59O7PS/c1-5-6-7-8-9-10-11-14-17-20-23-26-41-40-42(36,37)27-24-21-18-15-12-13-16-19-22-25-29-28(2)30(34)32(38-3)33(39-4)31(29)35/h41H,5-27H2,1-4H3. The average Bonchev–Trinajstić information content (AvgIpc) is 2.97. The van der Waals surface area contributed by atoms with Gasteiger partial charge in [0.1, 0.15) is 0 Å². The summed E-state index contributed by atoms with van der Waals surface area (Å²) in [5.41, 5.74) is 0.987. The van der Waals surface area contributed by atoms with Crippen LogP contribution in [0.4, 0.5) is 0 Å². The van der Waals surface area contributed by atoms with Crippen LogP contribution < -0.4 is 0 Å². The molecule has 0 bridgehead atoms. The molecule has 0 spiro atoms. The number of allylic oxidation sites excluding steroid dienone is 2. The molecule has 1 rings (SSSR count). The van der Waals surface area contributed by atoms with Gasteiger partial charge < -0.3 is 9.47 Å². The number of rotatable bonds is 28. The molecule has 0 aliphatic heterocycles. The fourth-order valence-electron chi connectivity index (χ4n) is 5.35. The predicted molar refractivity (Wildman–Crippen MR) is 174 cm³/mol. The Morgan fingerprint density at radius 3 is 1.52 bits per heavy atom. The predicted octanol–water partition coefficient (Wildman–Crippen LogP) is 9.11. The summed E-state index contributed by atoms with van der Waals surface area (Å²) in [7, 11) is -0.576. The lowest BCUT2D eigenvalue weighted by molar-refractivity contribution is -0.121. The SMILES string of the molecule is CCCCCCCCCCCCCPOS(=O)(=O)CCCCCCCCCCCC1=C(C)C(=O)C(OC)=C(OC)C1=O. The second kappa shape index (κ2) is 24.1. The first-order valence-corrected chi connectivity index (χ1v) is 19.2. The molecule has 9 heteroatoms. The molecule has 0 fully saturated rings. The van der Waals surface area contributed by atoms with Gasteiger partial charge in [-0.25, -0.2) is 0 Å². The highest BCUT2D eigenvalue weighted by atomic mass is 32.2. The number of unbranched alkanes of at least 4 members (excludes halogenated alkanes) is 18. The number of hydrogen-bond acceptors (Lipinski definition) is 7. The molecule has 0 heterocycles. The molecule has 1 aliphatic carbocycles. The van der Waals surface area contributed by atoms with E-state index in [9.17, 15) is 18.0 Å². The van der Waals surface area contributed by atoms with Crippen molar-refractivity contribution in [2.75, 3.05) is 26.1 Å². The zero-order valence-corrected chi connectivity index (χ0v) is 28.8.